The zero-order chi connectivity index (χ0) is 16.8. The number of nitrogens with two attached hydrogens (primary N) is 1. The lowest BCUT2D eigenvalue weighted by Gasteiger charge is -2.25. The van der Waals surface area contributed by atoms with Crippen LogP contribution in [0, 0.1) is 0 Å². The van der Waals surface area contributed by atoms with Crippen molar-refractivity contribution in [3.05, 3.63) is 54.6 Å². The van der Waals surface area contributed by atoms with Crippen LogP contribution in [0.25, 0.3) is 0 Å². The first-order valence-corrected chi connectivity index (χ1v) is 7.19. The van der Waals surface area contributed by atoms with Gasteiger partial charge in [-0.3, -0.25) is 14.6 Å². The van der Waals surface area contributed by atoms with Crippen molar-refractivity contribution in [3.8, 4) is 0 Å². The van der Waals surface area contributed by atoms with Crippen LogP contribution in [-0.2, 0) is 4.79 Å². The number of rotatable bonds is 4. The monoisotopic (exact) mass is 312 g/mol. The molecule has 0 aliphatic carbocycles. The number of para-hydroxylation sites is 1. The Morgan fingerprint density at radius 1 is 0.957 bits per heavy atom. The van der Waals surface area contributed by atoms with Gasteiger partial charge in [0.05, 0.1) is 6.54 Å². The fourth-order valence-corrected chi connectivity index (χ4v) is 2.10. The van der Waals surface area contributed by atoms with Gasteiger partial charge in [0, 0.05) is 31.2 Å². The molecule has 0 saturated carbocycles. The van der Waals surface area contributed by atoms with Crippen molar-refractivity contribution < 1.29 is 9.59 Å². The first-order valence-electron chi connectivity index (χ1n) is 7.19. The van der Waals surface area contributed by atoms with E-state index < -0.39 is 0 Å². The average molecular weight is 312 g/mol. The number of carbonyl (C=O) groups excluding carboxylic acids is 2. The van der Waals surface area contributed by atoms with Crippen molar-refractivity contribution in [2.45, 2.75) is 0 Å². The maximum atomic E-state index is 12.6. The summed E-state index contributed by atoms with van der Waals surface area (Å²) in [6, 6.07) is 16.2. The Morgan fingerprint density at radius 3 is 2.22 bits per heavy atom. The highest BCUT2D eigenvalue weighted by atomic mass is 16.2. The number of carbonyl (C=O) groups is 2. The fourth-order valence-electron chi connectivity index (χ4n) is 2.10. The Balaban J connectivity index is 2.16. The number of benzene rings is 2. The summed E-state index contributed by atoms with van der Waals surface area (Å²) in [5.41, 5.74) is 7.36. The summed E-state index contributed by atoms with van der Waals surface area (Å²) in [4.78, 5) is 27.0. The van der Waals surface area contributed by atoms with Crippen molar-refractivity contribution in [2.75, 3.05) is 35.8 Å². The molecule has 0 aromatic heterocycles. The number of anilines is 3. The Hall–Kier alpha value is -2.86. The highest BCUT2D eigenvalue weighted by molar-refractivity contribution is 6.03. The van der Waals surface area contributed by atoms with Gasteiger partial charge in [-0.15, -0.1) is 0 Å². The van der Waals surface area contributed by atoms with Gasteiger partial charge in [0.25, 0.3) is 0 Å². The van der Waals surface area contributed by atoms with Gasteiger partial charge >= 0.3 is 6.03 Å². The molecule has 3 amide bonds. The fraction of sp³-hybridized carbons (Fsp3) is 0.176. The topological polar surface area (TPSA) is 78.7 Å². The average Bonchev–Trinajstić information content (AvgIpc) is 2.60. The van der Waals surface area contributed by atoms with Crippen molar-refractivity contribution in [2.24, 2.45) is 5.73 Å². The van der Waals surface area contributed by atoms with E-state index >= 15 is 0 Å². The minimum absolute atomic E-state index is 0.0876. The molecule has 0 unspecified atom stereocenters. The maximum Gasteiger partial charge on any atom is 0.328 e. The molecular formula is C17H20N4O2. The zero-order valence-corrected chi connectivity index (χ0v) is 13.2. The van der Waals surface area contributed by atoms with Gasteiger partial charge in [0.1, 0.15) is 0 Å². The maximum absolute atomic E-state index is 12.6. The largest absolute Gasteiger partial charge is 0.328 e. The molecular weight excluding hydrogens is 292 g/mol. The van der Waals surface area contributed by atoms with E-state index in [1.54, 1.807) is 43.3 Å². The predicted molar refractivity (Wildman–Crippen MR) is 92.8 cm³/mol. The Labute approximate surface area is 135 Å². The second-order valence-electron chi connectivity index (χ2n) is 5.04. The van der Waals surface area contributed by atoms with Gasteiger partial charge in [0.2, 0.25) is 5.91 Å². The van der Waals surface area contributed by atoms with Crippen LogP contribution < -0.4 is 20.9 Å². The standard InChI is InChI=1S/C17H20N4O2/c1-20(14-8-4-3-5-9-14)17(23)21(2)15-10-6-7-13(11-15)19-16(22)12-18/h3-11H,12,18H2,1-2H3,(H,19,22). The van der Waals surface area contributed by atoms with Gasteiger partial charge in [0.15, 0.2) is 0 Å². The number of amides is 3. The summed E-state index contributed by atoms with van der Waals surface area (Å²) < 4.78 is 0. The first kappa shape index (κ1) is 16.5. The molecule has 2 aromatic carbocycles. The van der Waals surface area contributed by atoms with Crippen LogP contribution in [0.2, 0.25) is 0 Å². The normalized spacial score (nSPS) is 10.0. The highest BCUT2D eigenvalue weighted by Gasteiger charge is 2.17. The molecule has 0 heterocycles. The molecule has 0 saturated heterocycles. The molecule has 2 rings (SSSR count). The van der Waals surface area contributed by atoms with Gasteiger partial charge in [-0.2, -0.15) is 0 Å². The van der Waals surface area contributed by atoms with E-state index in [-0.39, 0.29) is 18.5 Å². The van der Waals surface area contributed by atoms with Crippen LogP contribution in [0.5, 0.6) is 0 Å². The van der Waals surface area contributed by atoms with Gasteiger partial charge < -0.3 is 11.1 Å². The first-order chi connectivity index (χ1) is 11.0. The van der Waals surface area contributed by atoms with Crippen molar-refractivity contribution in [1.29, 1.82) is 0 Å². The predicted octanol–water partition coefficient (Wildman–Crippen LogP) is 2.28. The van der Waals surface area contributed by atoms with E-state index in [0.29, 0.717) is 11.4 Å². The van der Waals surface area contributed by atoms with E-state index in [2.05, 4.69) is 5.32 Å². The third-order valence-corrected chi connectivity index (χ3v) is 3.42. The smallest absolute Gasteiger partial charge is 0.325 e. The summed E-state index contributed by atoms with van der Waals surface area (Å²) >= 11 is 0. The summed E-state index contributed by atoms with van der Waals surface area (Å²) in [6.07, 6.45) is 0. The van der Waals surface area contributed by atoms with Crippen LogP contribution in [0.3, 0.4) is 0 Å². The molecule has 0 aliphatic rings. The van der Waals surface area contributed by atoms with E-state index in [9.17, 15) is 9.59 Å². The second-order valence-corrected chi connectivity index (χ2v) is 5.04. The molecule has 2 aromatic rings. The Bertz CT molecular complexity index is 688. The molecule has 0 bridgehead atoms. The third kappa shape index (κ3) is 4.08. The van der Waals surface area contributed by atoms with Crippen molar-refractivity contribution in [1.82, 2.24) is 0 Å². The summed E-state index contributed by atoms with van der Waals surface area (Å²) in [5, 5.41) is 2.67. The van der Waals surface area contributed by atoms with Crippen LogP contribution in [0.1, 0.15) is 0 Å². The molecule has 23 heavy (non-hydrogen) atoms. The molecule has 0 aliphatic heterocycles. The van der Waals surface area contributed by atoms with Gasteiger partial charge in [-0.25, -0.2) is 4.79 Å². The van der Waals surface area contributed by atoms with E-state index in [0.717, 1.165) is 5.69 Å². The SMILES string of the molecule is CN(C(=O)N(C)c1cccc(NC(=O)CN)c1)c1ccccc1. The minimum Gasteiger partial charge on any atom is -0.325 e. The Kier molecular flexibility index (Phi) is 5.32. The molecule has 0 radical (unpaired) electrons. The third-order valence-electron chi connectivity index (χ3n) is 3.42. The van der Waals surface area contributed by atoms with Crippen molar-refractivity contribution in [3.63, 3.8) is 0 Å². The number of hydrogen-bond acceptors (Lipinski definition) is 3. The number of urea groups is 1. The van der Waals surface area contributed by atoms with Crippen molar-refractivity contribution >= 4 is 29.0 Å². The molecule has 120 valence electrons. The second kappa shape index (κ2) is 7.42. The highest BCUT2D eigenvalue weighted by Crippen LogP contribution is 2.21. The number of nitrogens with zero attached hydrogens (tertiary/aromatic N) is 2. The number of hydrogen-bond donors (Lipinski definition) is 2. The van der Waals surface area contributed by atoms with Crippen LogP contribution in [0.4, 0.5) is 21.9 Å². The molecule has 0 atom stereocenters. The van der Waals surface area contributed by atoms with Crippen LogP contribution in [-0.4, -0.2) is 32.6 Å². The van der Waals surface area contributed by atoms with Crippen LogP contribution in [0.15, 0.2) is 54.6 Å². The number of nitrogens with one attached hydrogen (secondary N) is 1. The lowest BCUT2D eigenvalue weighted by atomic mass is 10.2. The van der Waals surface area contributed by atoms with Gasteiger partial charge in [-0.05, 0) is 30.3 Å². The summed E-state index contributed by atoms with van der Waals surface area (Å²) in [5.74, 6) is -0.280. The summed E-state index contributed by atoms with van der Waals surface area (Å²) in [6.45, 7) is -0.0876. The van der Waals surface area contributed by atoms with Crippen LogP contribution >= 0.6 is 0 Å². The lowest BCUT2D eigenvalue weighted by molar-refractivity contribution is -0.114. The molecule has 3 N–H and O–H groups in total. The van der Waals surface area contributed by atoms with Gasteiger partial charge in [-0.1, -0.05) is 24.3 Å². The van der Waals surface area contributed by atoms with E-state index in [4.69, 9.17) is 5.73 Å². The molecule has 0 spiro atoms. The Morgan fingerprint density at radius 2 is 1.57 bits per heavy atom. The quantitative estimate of drug-likeness (QED) is 0.909. The lowest BCUT2D eigenvalue weighted by Crippen LogP contribution is -2.38. The molecule has 6 heteroatoms. The van der Waals surface area contributed by atoms with E-state index in [1.165, 1.54) is 4.90 Å². The molecule has 0 fully saturated rings. The molecule has 6 nitrogen and oxygen atoms in total. The zero-order valence-electron chi connectivity index (χ0n) is 13.2. The minimum atomic E-state index is -0.280. The van der Waals surface area contributed by atoms with E-state index in [1.807, 2.05) is 30.3 Å². The summed E-state index contributed by atoms with van der Waals surface area (Å²) in [7, 11) is 3.40.